The first kappa shape index (κ1) is 29.3. The summed E-state index contributed by atoms with van der Waals surface area (Å²) >= 11 is 0. The molecule has 2 aromatic rings. The second-order valence-electron chi connectivity index (χ2n) is 9.48. The van der Waals surface area contributed by atoms with E-state index in [0.717, 1.165) is 10.6 Å². The molecule has 1 aromatic heterocycles. The number of nitrogens with zero attached hydrogens (tertiary/aromatic N) is 3. The van der Waals surface area contributed by atoms with Crippen LogP contribution in [0.1, 0.15) is 58.2 Å². The van der Waals surface area contributed by atoms with Gasteiger partial charge < -0.3 is 14.9 Å². The smallest absolute Gasteiger partial charge is 0.309 e. The Morgan fingerprint density at radius 1 is 1.19 bits per heavy atom. The monoisotopic (exact) mass is 523 g/mol. The molecule has 2 rings (SSSR count). The molecule has 0 bridgehead atoms. The topological polar surface area (TPSA) is 130 Å². The number of ether oxygens (including phenoxy) is 1. The van der Waals surface area contributed by atoms with E-state index in [-0.39, 0.29) is 18.3 Å². The van der Waals surface area contributed by atoms with Gasteiger partial charge in [-0.1, -0.05) is 26.0 Å². The second-order valence-corrected chi connectivity index (χ2v) is 11.5. The van der Waals surface area contributed by atoms with E-state index in [1.165, 1.54) is 51.2 Å². The summed E-state index contributed by atoms with van der Waals surface area (Å²) in [5, 5.41) is 20.4. The van der Waals surface area contributed by atoms with E-state index in [2.05, 4.69) is 9.97 Å². The van der Waals surface area contributed by atoms with Gasteiger partial charge in [-0.2, -0.15) is 0 Å². The van der Waals surface area contributed by atoms with Crippen molar-refractivity contribution in [2.75, 3.05) is 17.6 Å². The number of hydrogen-bond donors (Lipinski definition) is 2. The Morgan fingerprint density at radius 2 is 1.78 bits per heavy atom. The van der Waals surface area contributed by atoms with Gasteiger partial charge in [0.05, 0.1) is 35.8 Å². The zero-order valence-corrected chi connectivity index (χ0v) is 22.4. The number of rotatable bonds is 10. The average molecular weight is 524 g/mol. The van der Waals surface area contributed by atoms with Crippen molar-refractivity contribution in [1.82, 2.24) is 9.97 Å². The van der Waals surface area contributed by atoms with Crippen molar-refractivity contribution in [3.05, 3.63) is 47.4 Å². The molecular formula is C25H34FN3O6S. The summed E-state index contributed by atoms with van der Waals surface area (Å²) in [4.78, 5) is 21.1. The first-order valence-electron chi connectivity index (χ1n) is 11.4. The molecule has 11 heteroatoms. The van der Waals surface area contributed by atoms with Crippen LogP contribution in [0.25, 0.3) is 17.3 Å². The molecule has 1 unspecified atom stereocenters. The van der Waals surface area contributed by atoms with Gasteiger partial charge in [0.25, 0.3) is 0 Å². The van der Waals surface area contributed by atoms with Gasteiger partial charge in [0, 0.05) is 18.2 Å². The highest BCUT2D eigenvalue weighted by molar-refractivity contribution is 7.92. The fourth-order valence-electron chi connectivity index (χ4n) is 3.03. The molecule has 1 aromatic carbocycles. The Kier molecular flexibility index (Phi) is 9.33. The SMILES string of the molecule is CC(C)c1nc(N(C)S(C)(=O)=O)nc(-c2ccc(F)cc2)c1/C=C/C(O)CC(=O)O[C@H](C)C(C)(C)O. The van der Waals surface area contributed by atoms with E-state index < -0.39 is 39.6 Å². The minimum Gasteiger partial charge on any atom is -0.460 e. The summed E-state index contributed by atoms with van der Waals surface area (Å²) in [6.07, 6.45) is 1.63. The molecule has 0 aliphatic carbocycles. The fraction of sp³-hybridized carbons (Fsp3) is 0.480. The first-order valence-corrected chi connectivity index (χ1v) is 13.3. The average Bonchev–Trinajstić information content (AvgIpc) is 2.75. The Bertz CT molecular complexity index is 1210. The lowest BCUT2D eigenvalue weighted by Gasteiger charge is -2.25. The van der Waals surface area contributed by atoms with Gasteiger partial charge in [-0.15, -0.1) is 0 Å². The van der Waals surface area contributed by atoms with E-state index in [1.54, 1.807) is 13.0 Å². The Labute approximate surface area is 211 Å². The van der Waals surface area contributed by atoms with Gasteiger partial charge in [-0.25, -0.2) is 27.1 Å². The third-order valence-corrected chi connectivity index (χ3v) is 6.73. The standard InChI is InChI=1S/C25H34FN3O6S/c1-15(2)22-20(13-12-19(30)14-21(31)35-16(3)25(4,5)32)23(17-8-10-18(26)11-9-17)28-24(27-22)29(6)36(7,33)34/h8-13,15-16,19,30,32H,14H2,1-7H3/b13-12+/t16-,19?/m1/s1. The summed E-state index contributed by atoms with van der Waals surface area (Å²) in [6.45, 7) is 8.30. The maximum absolute atomic E-state index is 13.6. The Morgan fingerprint density at radius 3 is 2.28 bits per heavy atom. The number of halogens is 1. The van der Waals surface area contributed by atoms with Crippen LogP contribution >= 0.6 is 0 Å². The number of benzene rings is 1. The van der Waals surface area contributed by atoms with Gasteiger partial charge in [0.2, 0.25) is 16.0 Å². The largest absolute Gasteiger partial charge is 0.460 e. The summed E-state index contributed by atoms with van der Waals surface area (Å²) < 4.78 is 44.0. The first-order chi connectivity index (χ1) is 16.5. The third kappa shape index (κ3) is 7.81. The van der Waals surface area contributed by atoms with Crippen LogP contribution in [-0.4, -0.2) is 65.7 Å². The Hall–Kier alpha value is -2.89. The molecule has 0 fully saturated rings. The van der Waals surface area contributed by atoms with E-state index in [1.807, 2.05) is 13.8 Å². The highest BCUT2D eigenvalue weighted by Crippen LogP contribution is 2.31. The van der Waals surface area contributed by atoms with Gasteiger partial charge in [0.1, 0.15) is 11.9 Å². The normalized spacial score (nSPS) is 14.2. The number of esters is 1. The second kappa shape index (κ2) is 11.4. The zero-order chi connectivity index (χ0) is 27.4. The van der Waals surface area contributed by atoms with Crippen molar-refractivity contribution in [2.24, 2.45) is 0 Å². The number of sulfonamides is 1. The molecule has 0 aliphatic heterocycles. The number of aliphatic hydroxyl groups excluding tert-OH is 1. The fourth-order valence-corrected chi connectivity index (χ4v) is 3.41. The van der Waals surface area contributed by atoms with Gasteiger partial charge >= 0.3 is 5.97 Å². The van der Waals surface area contributed by atoms with Gasteiger partial charge in [-0.3, -0.25) is 4.79 Å². The van der Waals surface area contributed by atoms with Crippen LogP contribution in [0.15, 0.2) is 30.3 Å². The molecule has 0 amide bonds. The molecule has 0 spiro atoms. The summed E-state index contributed by atoms with van der Waals surface area (Å²) in [5.74, 6) is -1.36. The van der Waals surface area contributed by atoms with E-state index in [9.17, 15) is 27.8 Å². The maximum Gasteiger partial charge on any atom is 0.309 e. The van der Waals surface area contributed by atoms with E-state index in [4.69, 9.17) is 4.74 Å². The van der Waals surface area contributed by atoms with Crippen molar-refractivity contribution in [2.45, 2.75) is 64.8 Å². The number of anilines is 1. The quantitative estimate of drug-likeness (QED) is 0.454. The lowest BCUT2D eigenvalue weighted by atomic mass is 9.97. The predicted molar refractivity (Wildman–Crippen MR) is 136 cm³/mol. The van der Waals surface area contributed by atoms with Gasteiger partial charge in [0.15, 0.2) is 0 Å². The van der Waals surface area contributed by atoms with Crippen molar-refractivity contribution in [1.29, 1.82) is 0 Å². The minimum absolute atomic E-state index is 0.0533. The third-order valence-electron chi connectivity index (χ3n) is 5.57. The zero-order valence-electron chi connectivity index (χ0n) is 21.6. The van der Waals surface area contributed by atoms with Crippen LogP contribution < -0.4 is 4.31 Å². The van der Waals surface area contributed by atoms with Crippen LogP contribution in [0.2, 0.25) is 0 Å². The number of carbonyl (C=O) groups is 1. The summed E-state index contributed by atoms with van der Waals surface area (Å²) in [7, 11) is -2.32. The minimum atomic E-state index is -3.66. The molecular weight excluding hydrogens is 489 g/mol. The molecule has 1 heterocycles. The molecule has 36 heavy (non-hydrogen) atoms. The Balaban J connectivity index is 2.52. The maximum atomic E-state index is 13.6. The van der Waals surface area contributed by atoms with Crippen molar-refractivity contribution in [3.8, 4) is 11.3 Å². The predicted octanol–water partition coefficient (Wildman–Crippen LogP) is 3.27. The number of hydrogen-bond acceptors (Lipinski definition) is 8. The van der Waals surface area contributed by atoms with Crippen LogP contribution in [0.5, 0.6) is 0 Å². The number of carbonyl (C=O) groups excluding carboxylic acids is 1. The van der Waals surface area contributed by atoms with Crippen LogP contribution in [0.3, 0.4) is 0 Å². The van der Waals surface area contributed by atoms with Crippen molar-refractivity contribution in [3.63, 3.8) is 0 Å². The molecule has 0 saturated heterocycles. The highest BCUT2D eigenvalue weighted by atomic mass is 32.2. The van der Waals surface area contributed by atoms with Crippen LogP contribution in [0.4, 0.5) is 10.3 Å². The molecule has 0 saturated carbocycles. The summed E-state index contributed by atoms with van der Waals surface area (Å²) in [5.41, 5.74) is 0.596. The summed E-state index contributed by atoms with van der Waals surface area (Å²) in [6, 6.07) is 5.54. The number of aromatic nitrogens is 2. The molecule has 0 radical (unpaired) electrons. The number of aliphatic hydroxyl groups is 2. The van der Waals surface area contributed by atoms with E-state index in [0.29, 0.717) is 22.5 Å². The molecule has 0 aliphatic rings. The lowest BCUT2D eigenvalue weighted by molar-refractivity contribution is -0.161. The lowest BCUT2D eigenvalue weighted by Crippen LogP contribution is -2.37. The molecule has 2 N–H and O–H groups in total. The highest BCUT2D eigenvalue weighted by Gasteiger charge is 2.27. The van der Waals surface area contributed by atoms with Crippen molar-refractivity contribution >= 4 is 28.0 Å². The van der Waals surface area contributed by atoms with E-state index >= 15 is 0 Å². The molecule has 2 atom stereocenters. The van der Waals surface area contributed by atoms with Crippen LogP contribution in [-0.2, 0) is 19.6 Å². The van der Waals surface area contributed by atoms with Crippen molar-refractivity contribution < 1.29 is 32.6 Å². The molecule has 198 valence electrons. The van der Waals surface area contributed by atoms with Gasteiger partial charge in [-0.05, 0) is 51.0 Å². The van der Waals surface area contributed by atoms with Crippen LogP contribution in [0, 0.1) is 5.82 Å². The molecule has 9 nitrogen and oxygen atoms in total.